The van der Waals surface area contributed by atoms with Crippen molar-refractivity contribution in [3.63, 3.8) is 0 Å². The summed E-state index contributed by atoms with van der Waals surface area (Å²) in [5.74, 6) is 1.77. The van der Waals surface area contributed by atoms with Gasteiger partial charge < -0.3 is 5.32 Å². The topological polar surface area (TPSA) is 29.1 Å². The van der Waals surface area contributed by atoms with Gasteiger partial charge in [-0.05, 0) is 25.5 Å². The maximum Gasteiger partial charge on any atom is 0.233 e. The van der Waals surface area contributed by atoms with Crippen LogP contribution in [0.3, 0.4) is 0 Å². The van der Waals surface area contributed by atoms with Crippen LogP contribution >= 0.6 is 23.4 Å². The van der Waals surface area contributed by atoms with E-state index in [0.29, 0.717) is 5.88 Å². The maximum atomic E-state index is 11.4. The molecule has 0 radical (unpaired) electrons. The Labute approximate surface area is 82.4 Å². The van der Waals surface area contributed by atoms with Gasteiger partial charge in [-0.25, -0.2) is 0 Å². The minimum atomic E-state index is 0.0976. The summed E-state index contributed by atoms with van der Waals surface area (Å²) in [5.41, 5.74) is 0. The SMILES string of the molecule is CC(CCl)NC(=O)C1CCCS1. The molecule has 0 aromatic carbocycles. The van der Waals surface area contributed by atoms with Crippen molar-refractivity contribution < 1.29 is 4.79 Å². The third-order valence-corrected chi connectivity index (χ3v) is 3.68. The Balaban J connectivity index is 2.27. The Morgan fingerprint density at radius 3 is 3.08 bits per heavy atom. The monoisotopic (exact) mass is 207 g/mol. The molecule has 0 aromatic heterocycles. The van der Waals surface area contributed by atoms with Crippen molar-refractivity contribution in [1.29, 1.82) is 0 Å². The summed E-state index contributed by atoms with van der Waals surface area (Å²) in [6, 6.07) is 0.0976. The summed E-state index contributed by atoms with van der Waals surface area (Å²) in [6.07, 6.45) is 2.18. The molecule has 1 N–H and O–H groups in total. The smallest absolute Gasteiger partial charge is 0.233 e. The lowest BCUT2D eigenvalue weighted by Gasteiger charge is -2.13. The van der Waals surface area contributed by atoms with Gasteiger partial charge in [0.15, 0.2) is 0 Å². The second-order valence-electron chi connectivity index (χ2n) is 3.07. The van der Waals surface area contributed by atoms with Crippen molar-refractivity contribution in [3.8, 4) is 0 Å². The minimum Gasteiger partial charge on any atom is -0.351 e. The molecular formula is C8H14ClNOS. The van der Waals surface area contributed by atoms with Crippen LogP contribution in [0.5, 0.6) is 0 Å². The molecule has 0 saturated carbocycles. The van der Waals surface area contributed by atoms with Crippen LogP contribution in [0.2, 0.25) is 0 Å². The molecule has 1 fully saturated rings. The largest absolute Gasteiger partial charge is 0.351 e. The molecule has 0 aromatic rings. The molecule has 2 nitrogen and oxygen atoms in total. The average Bonchev–Trinajstić information content (AvgIpc) is 2.56. The van der Waals surface area contributed by atoms with Crippen LogP contribution in [0.15, 0.2) is 0 Å². The molecule has 1 heterocycles. The molecule has 0 bridgehead atoms. The molecule has 1 saturated heterocycles. The van der Waals surface area contributed by atoms with Gasteiger partial charge in [-0.2, -0.15) is 0 Å². The van der Waals surface area contributed by atoms with Gasteiger partial charge in [-0.15, -0.1) is 23.4 Å². The van der Waals surface area contributed by atoms with Gasteiger partial charge in [0.1, 0.15) is 0 Å². The first kappa shape index (κ1) is 10.2. The molecule has 0 spiro atoms. The van der Waals surface area contributed by atoms with Crippen molar-refractivity contribution in [2.45, 2.75) is 31.1 Å². The Morgan fingerprint density at radius 2 is 2.58 bits per heavy atom. The molecule has 2 atom stereocenters. The predicted molar refractivity (Wildman–Crippen MR) is 53.8 cm³/mol. The summed E-state index contributed by atoms with van der Waals surface area (Å²) < 4.78 is 0. The van der Waals surface area contributed by atoms with Crippen molar-refractivity contribution in [2.75, 3.05) is 11.6 Å². The van der Waals surface area contributed by atoms with Gasteiger partial charge in [0.2, 0.25) is 5.91 Å². The molecule has 1 rings (SSSR count). The first-order chi connectivity index (χ1) is 5.74. The fraction of sp³-hybridized carbons (Fsp3) is 0.875. The number of hydrogen-bond acceptors (Lipinski definition) is 2. The first-order valence-corrected chi connectivity index (χ1v) is 5.80. The first-order valence-electron chi connectivity index (χ1n) is 4.22. The highest BCUT2D eigenvalue weighted by Crippen LogP contribution is 2.26. The fourth-order valence-electron chi connectivity index (χ4n) is 1.16. The van der Waals surface area contributed by atoms with E-state index >= 15 is 0 Å². The van der Waals surface area contributed by atoms with Gasteiger partial charge in [0.05, 0.1) is 5.25 Å². The van der Waals surface area contributed by atoms with Crippen molar-refractivity contribution in [2.24, 2.45) is 0 Å². The lowest BCUT2D eigenvalue weighted by atomic mass is 10.2. The third kappa shape index (κ3) is 2.87. The van der Waals surface area contributed by atoms with Crippen LogP contribution in [0.25, 0.3) is 0 Å². The van der Waals surface area contributed by atoms with E-state index in [1.165, 1.54) is 0 Å². The molecule has 1 amide bonds. The zero-order valence-corrected chi connectivity index (χ0v) is 8.75. The number of carbonyl (C=O) groups is 1. The number of rotatable bonds is 3. The van der Waals surface area contributed by atoms with E-state index in [1.54, 1.807) is 11.8 Å². The maximum absolute atomic E-state index is 11.4. The highest BCUT2D eigenvalue weighted by molar-refractivity contribution is 8.00. The summed E-state index contributed by atoms with van der Waals surface area (Å²) in [5, 5.41) is 3.06. The fourth-order valence-corrected chi connectivity index (χ4v) is 2.41. The Kier molecular flexibility index (Phi) is 4.22. The van der Waals surface area contributed by atoms with Crippen LogP contribution < -0.4 is 5.32 Å². The van der Waals surface area contributed by atoms with E-state index in [4.69, 9.17) is 11.6 Å². The number of amides is 1. The third-order valence-electron chi connectivity index (χ3n) is 1.84. The zero-order valence-electron chi connectivity index (χ0n) is 7.18. The van der Waals surface area contributed by atoms with Crippen molar-refractivity contribution >= 4 is 29.3 Å². The normalized spacial score (nSPS) is 25.3. The van der Waals surface area contributed by atoms with Crippen LogP contribution in [-0.2, 0) is 4.79 Å². The van der Waals surface area contributed by atoms with Crippen molar-refractivity contribution in [3.05, 3.63) is 0 Å². The standard InChI is InChI=1S/C8H14ClNOS/c1-6(5-9)10-8(11)7-3-2-4-12-7/h6-7H,2-5H2,1H3,(H,10,11). The summed E-state index contributed by atoms with van der Waals surface area (Å²) in [7, 11) is 0. The second kappa shape index (κ2) is 4.97. The Morgan fingerprint density at radius 1 is 1.83 bits per heavy atom. The molecule has 1 aliphatic rings. The molecule has 1 aliphatic heterocycles. The minimum absolute atomic E-state index is 0.0976. The lowest BCUT2D eigenvalue weighted by molar-refractivity contribution is -0.121. The molecular weight excluding hydrogens is 194 g/mol. The summed E-state index contributed by atoms with van der Waals surface area (Å²) >= 11 is 7.33. The molecule has 0 aliphatic carbocycles. The van der Waals surface area contributed by atoms with Gasteiger partial charge in [-0.3, -0.25) is 4.79 Å². The van der Waals surface area contributed by atoms with E-state index in [-0.39, 0.29) is 17.2 Å². The number of halogens is 1. The van der Waals surface area contributed by atoms with Gasteiger partial charge in [0, 0.05) is 11.9 Å². The van der Waals surface area contributed by atoms with E-state index < -0.39 is 0 Å². The second-order valence-corrected chi connectivity index (χ2v) is 4.68. The average molecular weight is 208 g/mol. The van der Waals surface area contributed by atoms with E-state index in [9.17, 15) is 4.79 Å². The summed E-state index contributed by atoms with van der Waals surface area (Å²) in [4.78, 5) is 11.4. The van der Waals surface area contributed by atoms with E-state index in [2.05, 4.69) is 5.32 Å². The highest BCUT2D eigenvalue weighted by Gasteiger charge is 2.23. The highest BCUT2D eigenvalue weighted by atomic mass is 35.5. The number of nitrogens with one attached hydrogen (secondary N) is 1. The zero-order chi connectivity index (χ0) is 8.97. The number of carbonyl (C=O) groups excluding carboxylic acids is 1. The van der Waals surface area contributed by atoms with Gasteiger partial charge in [0.25, 0.3) is 0 Å². The number of hydrogen-bond donors (Lipinski definition) is 1. The van der Waals surface area contributed by atoms with Gasteiger partial charge in [-0.1, -0.05) is 0 Å². The van der Waals surface area contributed by atoms with Crippen LogP contribution in [0.1, 0.15) is 19.8 Å². The van der Waals surface area contributed by atoms with Crippen LogP contribution in [0, 0.1) is 0 Å². The molecule has 70 valence electrons. The summed E-state index contributed by atoms with van der Waals surface area (Å²) in [6.45, 7) is 1.92. The molecule has 4 heteroatoms. The predicted octanol–water partition coefficient (Wildman–Crippen LogP) is 1.63. The van der Waals surface area contributed by atoms with E-state index in [0.717, 1.165) is 18.6 Å². The van der Waals surface area contributed by atoms with Gasteiger partial charge >= 0.3 is 0 Å². The van der Waals surface area contributed by atoms with Crippen LogP contribution in [-0.4, -0.2) is 28.8 Å². The van der Waals surface area contributed by atoms with E-state index in [1.807, 2.05) is 6.92 Å². The van der Waals surface area contributed by atoms with Crippen molar-refractivity contribution in [1.82, 2.24) is 5.32 Å². The quantitative estimate of drug-likeness (QED) is 0.713. The lowest BCUT2D eigenvalue weighted by Crippen LogP contribution is -2.38. The number of alkyl halides is 1. The Bertz CT molecular complexity index is 159. The molecule has 2 unspecified atom stereocenters. The molecule has 12 heavy (non-hydrogen) atoms. The Hall–Kier alpha value is 0.110. The number of thioether (sulfide) groups is 1. The van der Waals surface area contributed by atoms with Crippen LogP contribution in [0.4, 0.5) is 0 Å².